The third-order valence-corrected chi connectivity index (χ3v) is 7.59. The highest BCUT2D eigenvalue weighted by molar-refractivity contribution is 6.12. The minimum atomic E-state index is -0.202. The molecule has 1 amide bonds. The molecule has 1 fully saturated rings. The van der Waals surface area contributed by atoms with Gasteiger partial charge >= 0.3 is 0 Å². The van der Waals surface area contributed by atoms with Gasteiger partial charge in [0.2, 0.25) is 5.91 Å². The summed E-state index contributed by atoms with van der Waals surface area (Å²) in [5, 5.41) is 0. The maximum absolute atomic E-state index is 14.0. The summed E-state index contributed by atoms with van der Waals surface area (Å²) >= 11 is 0. The van der Waals surface area contributed by atoms with Crippen LogP contribution in [-0.2, 0) is 4.79 Å². The highest BCUT2D eigenvalue weighted by Gasteiger charge is 2.26. The quantitative estimate of drug-likeness (QED) is 0.400. The lowest BCUT2D eigenvalue weighted by Crippen LogP contribution is -2.33. The fraction of sp³-hybridized carbons (Fsp3) is 0.344. The van der Waals surface area contributed by atoms with E-state index in [0.717, 1.165) is 66.9 Å². The molecule has 190 valence electrons. The second-order valence-corrected chi connectivity index (χ2v) is 10.3. The Morgan fingerprint density at radius 1 is 1.00 bits per heavy atom. The number of amides is 1. The van der Waals surface area contributed by atoms with E-state index in [4.69, 9.17) is 4.99 Å². The second kappa shape index (κ2) is 11.6. The first kappa shape index (κ1) is 25.1. The maximum atomic E-state index is 14.0. The fourth-order valence-electron chi connectivity index (χ4n) is 5.47. The Morgan fingerprint density at radius 2 is 1.84 bits per heavy atom. The number of aromatic nitrogens is 1. The molecular weight excluding hydrogens is 461 g/mol. The van der Waals surface area contributed by atoms with Crippen LogP contribution in [0.3, 0.4) is 0 Å². The number of carbonyl (C=O) groups excluding carboxylic acids is 1. The third-order valence-electron chi connectivity index (χ3n) is 7.59. The van der Waals surface area contributed by atoms with Crippen molar-refractivity contribution in [2.75, 3.05) is 19.6 Å². The Balaban J connectivity index is 1.32. The van der Waals surface area contributed by atoms with Crippen molar-refractivity contribution in [2.45, 2.75) is 44.9 Å². The summed E-state index contributed by atoms with van der Waals surface area (Å²) in [6.07, 6.45) is 8.19. The maximum Gasteiger partial charge on any atom is 0.222 e. The van der Waals surface area contributed by atoms with Crippen molar-refractivity contribution in [1.82, 2.24) is 9.88 Å². The van der Waals surface area contributed by atoms with Crippen LogP contribution < -0.4 is 0 Å². The van der Waals surface area contributed by atoms with Crippen LogP contribution in [-0.4, -0.2) is 41.1 Å². The number of hydrogen-bond donors (Lipinski definition) is 0. The normalized spacial score (nSPS) is 20.4. The Labute approximate surface area is 219 Å². The zero-order chi connectivity index (χ0) is 25.6. The molecule has 0 spiro atoms. The second-order valence-electron chi connectivity index (χ2n) is 10.3. The molecule has 1 aromatic heterocycles. The zero-order valence-corrected chi connectivity index (χ0v) is 21.4. The van der Waals surface area contributed by atoms with Gasteiger partial charge in [0.1, 0.15) is 5.82 Å². The summed E-state index contributed by atoms with van der Waals surface area (Å²) in [7, 11) is 0. The van der Waals surface area contributed by atoms with Gasteiger partial charge in [-0.2, -0.15) is 0 Å². The number of nitrogens with zero attached hydrogens (tertiary/aromatic N) is 3. The Morgan fingerprint density at radius 3 is 2.62 bits per heavy atom. The van der Waals surface area contributed by atoms with E-state index in [1.54, 1.807) is 6.92 Å². The summed E-state index contributed by atoms with van der Waals surface area (Å²) in [5.74, 6) is 0.512. The molecular formula is C32H34FN3O. The van der Waals surface area contributed by atoms with Crippen LogP contribution in [0.15, 0.2) is 84.0 Å². The van der Waals surface area contributed by atoms with Crippen LogP contribution in [0.2, 0.25) is 0 Å². The van der Waals surface area contributed by atoms with Crippen LogP contribution in [0.1, 0.15) is 60.4 Å². The van der Waals surface area contributed by atoms with Gasteiger partial charge in [-0.05, 0) is 91.1 Å². The monoisotopic (exact) mass is 495 g/mol. The van der Waals surface area contributed by atoms with E-state index >= 15 is 0 Å². The summed E-state index contributed by atoms with van der Waals surface area (Å²) < 4.78 is 14.0. The van der Waals surface area contributed by atoms with Crippen molar-refractivity contribution in [3.63, 3.8) is 0 Å². The average Bonchev–Trinajstić information content (AvgIpc) is 3.31. The Bertz CT molecular complexity index is 1290. The summed E-state index contributed by atoms with van der Waals surface area (Å²) in [6, 6.07) is 21.5. The minimum Gasteiger partial charge on any atom is -0.343 e. The molecule has 2 aliphatic rings. The van der Waals surface area contributed by atoms with Crippen LogP contribution in [0.5, 0.6) is 0 Å². The van der Waals surface area contributed by atoms with Gasteiger partial charge < -0.3 is 4.90 Å². The van der Waals surface area contributed by atoms with Crippen LogP contribution in [0.4, 0.5) is 4.39 Å². The van der Waals surface area contributed by atoms with Gasteiger partial charge in [-0.15, -0.1) is 0 Å². The smallest absolute Gasteiger partial charge is 0.222 e. The zero-order valence-electron chi connectivity index (χ0n) is 21.4. The molecule has 0 saturated carbocycles. The number of carbonyl (C=O) groups is 1. The molecule has 4 nitrogen and oxygen atoms in total. The number of benzene rings is 2. The predicted molar refractivity (Wildman–Crippen MR) is 147 cm³/mol. The van der Waals surface area contributed by atoms with Gasteiger partial charge in [-0.1, -0.05) is 42.5 Å². The molecule has 1 saturated heterocycles. The van der Waals surface area contributed by atoms with Gasteiger partial charge in [-0.25, -0.2) is 4.39 Å². The van der Waals surface area contributed by atoms with Crippen molar-refractivity contribution in [3.05, 3.63) is 107 Å². The molecule has 0 N–H and O–H groups in total. The molecule has 3 aromatic rings. The highest BCUT2D eigenvalue weighted by atomic mass is 19.1. The number of pyridine rings is 1. The molecule has 2 atom stereocenters. The van der Waals surface area contributed by atoms with Crippen LogP contribution in [0.25, 0.3) is 5.57 Å². The predicted octanol–water partition coefficient (Wildman–Crippen LogP) is 6.61. The number of aliphatic imine (C=N–C) groups is 1. The molecule has 5 heteroatoms. The summed E-state index contributed by atoms with van der Waals surface area (Å²) in [6.45, 7) is 3.96. The van der Waals surface area contributed by atoms with E-state index in [1.165, 1.54) is 6.07 Å². The lowest BCUT2D eigenvalue weighted by atomic mass is 9.90. The Hall–Kier alpha value is -3.60. The van der Waals surface area contributed by atoms with E-state index in [2.05, 4.69) is 29.3 Å². The van der Waals surface area contributed by atoms with E-state index in [-0.39, 0.29) is 17.6 Å². The lowest BCUT2D eigenvalue weighted by Gasteiger charge is -2.24. The molecule has 0 aliphatic carbocycles. The molecule has 0 radical (unpaired) electrons. The summed E-state index contributed by atoms with van der Waals surface area (Å²) in [4.78, 5) is 25.0. The van der Waals surface area contributed by atoms with Crippen LogP contribution >= 0.6 is 0 Å². The van der Waals surface area contributed by atoms with E-state index in [9.17, 15) is 9.18 Å². The van der Waals surface area contributed by atoms with Crippen molar-refractivity contribution in [3.8, 4) is 0 Å². The Kier molecular flexibility index (Phi) is 7.88. The number of rotatable bonds is 5. The summed E-state index contributed by atoms with van der Waals surface area (Å²) in [5.41, 5.74) is 5.83. The van der Waals surface area contributed by atoms with Crippen LogP contribution in [0, 0.1) is 18.7 Å². The SMILES string of the molecule is Cc1cc(C2=CC(c3ccccc3)=NCC(CC(=O)N3CCCC(c4ccccn4)CC3)C2)ccc1F. The van der Waals surface area contributed by atoms with Crippen molar-refractivity contribution >= 4 is 17.2 Å². The third kappa shape index (κ3) is 6.22. The van der Waals surface area contributed by atoms with Gasteiger partial charge in [0.05, 0.1) is 5.71 Å². The molecule has 5 rings (SSSR count). The van der Waals surface area contributed by atoms with E-state index in [0.29, 0.717) is 24.4 Å². The molecule has 37 heavy (non-hydrogen) atoms. The number of halogens is 1. The average molecular weight is 496 g/mol. The lowest BCUT2D eigenvalue weighted by molar-refractivity contribution is -0.132. The molecule has 2 unspecified atom stereocenters. The number of allylic oxidation sites excluding steroid dienone is 2. The highest BCUT2D eigenvalue weighted by Crippen LogP contribution is 2.31. The first-order valence-corrected chi connectivity index (χ1v) is 13.3. The van der Waals surface area contributed by atoms with Gasteiger partial charge in [0, 0.05) is 43.9 Å². The van der Waals surface area contributed by atoms with Gasteiger partial charge in [0.25, 0.3) is 0 Å². The molecule has 2 aromatic carbocycles. The standard InChI is InChI=1S/C32H34FN3O/c1-23-18-27(12-13-29(23)33)28-19-24(22-35-31(21-28)25-8-3-2-4-9-25)20-32(37)36-16-7-10-26(14-17-36)30-11-5-6-15-34-30/h2-6,8-9,11-13,15,18,21,24,26H,7,10,14,16-17,19-20,22H2,1H3. The fourth-order valence-corrected chi connectivity index (χ4v) is 5.47. The van der Waals surface area contributed by atoms with Gasteiger partial charge in [-0.3, -0.25) is 14.8 Å². The topological polar surface area (TPSA) is 45.6 Å². The van der Waals surface area contributed by atoms with Crippen molar-refractivity contribution < 1.29 is 9.18 Å². The van der Waals surface area contributed by atoms with E-state index in [1.807, 2.05) is 53.6 Å². The van der Waals surface area contributed by atoms with Crippen molar-refractivity contribution in [1.29, 1.82) is 0 Å². The molecule has 2 aliphatic heterocycles. The first-order valence-electron chi connectivity index (χ1n) is 13.3. The van der Waals surface area contributed by atoms with Crippen molar-refractivity contribution in [2.24, 2.45) is 10.9 Å². The minimum absolute atomic E-state index is 0.0974. The number of likely N-dealkylation sites (tertiary alicyclic amines) is 1. The number of aryl methyl sites for hydroxylation is 1. The number of hydrogen-bond acceptors (Lipinski definition) is 3. The molecule has 0 bridgehead atoms. The first-order chi connectivity index (χ1) is 18.1. The van der Waals surface area contributed by atoms with Gasteiger partial charge in [0.15, 0.2) is 0 Å². The van der Waals surface area contributed by atoms with E-state index < -0.39 is 0 Å². The molecule has 3 heterocycles. The largest absolute Gasteiger partial charge is 0.343 e.